The third-order valence-corrected chi connectivity index (χ3v) is 1.91. The minimum atomic E-state index is -4.83. The van der Waals surface area contributed by atoms with Crippen molar-refractivity contribution in [1.82, 2.24) is 5.32 Å². The Morgan fingerprint density at radius 3 is 2.29 bits per heavy atom. The molecule has 4 nitrogen and oxygen atoms in total. The summed E-state index contributed by atoms with van der Waals surface area (Å²) in [6, 6.07) is 6.72. The molecule has 0 aromatic heterocycles. The summed E-state index contributed by atoms with van der Waals surface area (Å²) in [4.78, 5) is 10.4. The van der Waals surface area contributed by atoms with Crippen LogP contribution in [-0.2, 0) is 4.79 Å². The van der Waals surface area contributed by atoms with E-state index in [-0.39, 0.29) is 13.1 Å². The molecule has 1 aromatic carbocycles. The fourth-order valence-electron chi connectivity index (χ4n) is 1.08. The van der Waals surface area contributed by atoms with Crippen molar-refractivity contribution >= 4 is 17.3 Å². The zero-order chi connectivity index (χ0) is 12.9. The third-order valence-electron chi connectivity index (χ3n) is 1.91. The summed E-state index contributed by atoms with van der Waals surface area (Å²) in [5.74, 6) is -1.93. The molecule has 17 heavy (non-hydrogen) atoms. The number of halogens is 3. The largest absolute Gasteiger partial charge is 0.471 e. The second-order valence-electron chi connectivity index (χ2n) is 3.30. The van der Waals surface area contributed by atoms with E-state index >= 15 is 0 Å². The highest BCUT2D eigenvalue weighted by Gasteiger charge is 2.38. The minimum Gasteiger partial charge on any atom is -0.399 e. The maximum absolute atomic E-state index is 11.8. The van der Waals surface area contributed by atoms with Crippen molar-refractivity contribution in [2.24, 2.45) is 0 Å². The summed E-state index contributed by atoms with van der Waals surface area (Å²) in [5, 5.41) is 4.59. The van der Waals surface area contributed by atoms with Crippen LogP contribution in [0.4, 0.5) is 24.5 Å². The molecule has 4 N–H and O–H groups in total. The van der Waals surface area contributed by atoms with Gasteiger partial charge >= 0.3 is 12.1 Å². The van der Waals surface area contributed by atoms with Gasteiger partial charge in [0.1, 0.15) is 0 Å². The maximum Gasteiger partial charge on any atom is 0.471 e. The van der Waals surface area contributed by atoms with E-state index in [9.17, 15) is 18.0 Å². The van der Waals surface area contributed by atoms with Crippen LogP contribution >= 0.6 is 0 Å². The number of amides is 1. The lowest BCUT2D eigenvalue weighted by Gasteiger charge is -2.09. The minimum absolute atomic E-state index is 0.108. The molecule has 0 radical (unpaired) electrons. The number of hydrogen-bond acceptors (Lipinski definition) is 3. The average molecular weight is 247 g/mol. The molecule has 7 heteroatoms. The molecule has 0 bridgehead atoms. The van der Waals surface area contributed by atoms with Gasteiger partial charge in [-0.2, -0.15) is 13.2 Å². The van der Waals surface area contributed by atoms with Crippen molar-refractivity contribution in [3.8, 4) is 0 Å². The molecule has 1 rings (SSSR count). The molecule has 1 aromatic rings. The molecular weight excluding hydrogens is 235 g/mol. The molecule has 0 atom stereocenters. The molecule has 0 unspecified atom stereocenters. The first-order valence-corrected chi connectivity index (χ1v) is 4.84. The number of benzene rings is 1. The second-order valence-corrected chi connectivity index (χ2v) is 3.30. The Morgan fingerprint density at radius 1 is 1.18 bits per heavy atom. The van der Waals surface area contributed by atoms with E-state index < -0.39 is 12.1 Å². The predicted octanol–water partition coefficient (Wildman–Crippen LogP) is 1.36. The van der Waals surface area contributed by atoms with Gasteiger partial charge in [-0.05, 0) is 24.3 Å². The average Bonchev–Trinajstić information content (AvgIpc) is 2.25. The van der Waals surface area contributed by atoms with Crippen molar-refractivity contribution in [2.75, 3.05) is 24.1 Å². The maximum atomic E-state index is 11.8. The van der Waals surface area contributed by atoms with Crippen molar-refractivity contribution in [1.29, 1.82) is 0 Å². The first kappa shape index (κ1) is 13.1. The fraction of sp³-hybridized carbons (Fsp3) is 0.300. The van der Waals surface area contributed by atoms with Crippen LogP contribution in [0.25, 0.3) is 0 Å². The highest BCUT2D eigenvalue weighted by atomic mass is 19.4. The predicted molar refractivity (Wildman–Crippen MR) is 58.4 cm³/mol. The van der Waals surface area contributed by atoms with Crippen molar-refractivity contribution < 1.29 is 18.0 Å². The number of alkyl halides is 3. The summed E-state index contributed by atoms with van der Waals surface area (Å²) in [5.41, 5.74) is 6.78. The second kappa shape index (κ2) is 5.42. The van der Waals surface area contributed by atoms with Crippen molar-refractivity contribution in [2.45, 2.75) is 6.18 Å². The van der Waals surface area contributed by atoms with E-state index in [1.807, 2.05) is 0 Å². The number of rotatable bonds is 4. The van der Waals surface area contributed by atoms with Gasteiger partial charge in [-0.15, -0.1) is 0 Å². The van der Waals surface area contributed by atoms with Gasteiger partial charge in [0, 0.05) is 24.5 Å². The molecule has 0 aliphatic heterocycles. The van der Waals surface area contributed by atoms with Gasteiger partial charge < -0.3 is 16.4 Å². The quantitative estimate of drug-likeness (QED) is 0.556. The van der Waals surface area contributed by atoms with Crippen molar-refractivity contribution in [3.63, 3.8) is 0 Å². The van der Waals surface area contributed by atoms with Crippen molar-refractivity contribution in [3.05, 3.63) is 24.3 Å². The fourth-order valence-corrected chi connectivity index (χ4v) is 1.08. The van der Waals surface area contributed by atoms with E-state index in [4.69, 9.17) is 5.73 Å². The Hall–Kier alpha value is -1.92. The summed E-state index contributed by atoms with van der Waals surface area (Å²) < 4.78 is 35.4. The van der Waals surface area contributed by atoms with E-state index in [2.05, 4.69) is 5.32 Å². The Kier molecular flexibility index (Phi) is 4.19. The molecule has 0 spiro atoms. The van der Waals surface area contributed by atoms with E-state index in [0.717, 1.165) is 5.69 Å². The highest BCUT2D eigenvalue weighted by molar-refractivity contribution is 5.81. The highest BCUT2D eigenvalue weighted by Crippen LogP contribution is 2.13. The molecule has 94 valence electrons. The monoisotopic (exact) mass is 247 g/mol. The molecule has 0 saturated carbocycles. The molecule has 1 amide bonds. The molecular formula is C10H12F3N3O. The molecule has 0 aliphatic rings. The van der Waals surface area contributed by atoms with Crippen LogP contribution in [0, 0.1) is 0 Å². The first-order chi connectivity index (χ1) is 7.89. The van der Waals surface area contributed by atoms with Gasteiger partial charge in [0.25, 0.3) is 0 Å². The summed E-state index contributed by atoms with van der Waals surface area (Å²) in [6.45, 7) is 0.0917. The summed E-state index contributed by atoms with van der Waals surface area (Å²) >= 11 is 0. The van der Waals surface area contributed by atoms with E-state index in [0.29, 0.717) is 5.69 Å². The Morgan fingerprint density at radius 2 is 1.76 bits per heavy atom. The number of carbonyl (C=O) groups is 1. The van der Waals surface area contributed by atoms with E-state index in [1.165, 1.54) is 0 Å². The van der Waals surface area contributed by atoms with Gasteiger partial charge in [-0.1, -0.05) is 0 Å². The number of nitrogen functional groups attached to an aromatic ring is 1. The van der Waals surface area contributed by atoms with Crippen LogP contribution in [0.15, 0.2) is 24.3 Å². The van der Waals surface area contributed by atoms with Gasteiger partial charge in [-0.25, -0.2) is 0 Å². The zero-order valence-corrected chi connectivity index (χ0v) is 8.84. The lowest BCUT2D eigenvalue weighted by atomic mass is 10.3. The molecule has 0 heterocycles. The zero-order valence-electron chi connectivity index (χ0n) is 8.84. The van der Waals surface area contributed by atoms with Gasteiger partial charge in [0.15, 0.2) is 0 Å². The van der Waals surface area contributed by atoms with Gasteiger partial charge in [-0.3, -0.25) is 4.79 Å². The normalized spacial score (nSPS) is 11.0. The van der Waals surface area contributed by atoms with Crippen LogP contribution < -0.4 is 16.4 Å². The standard InChI is InChI=1S/C10H12F3N3O/c11-10(12,13)9(17)16-6-5-15-8-3-1-7(14)2-4-8/h1-4,15H,5-6,14H2,(H,16,17). The summed E-state index contributed by atoms with van der Waals surface area (Å²) in [7, 11) is 0. The Bertz CT molecular complexity index is 375. The SMILES string of the molecule is Nc1ccc(NCCNC(=O)C(F)(F)F)cc1. The Labute approximate surface area is 96.0 Å². The van der Waals surface area contributed by atoms with E-state index in [1.54, 1.807) is 29.6 Å². The number of hydrogen-bond donors (Lipinski definition) is 3. The van der Waals surface area contributed by atoms with Crippen LogP contribution in [0.1, 0.15) is 0 Å². The molecule has 0 fully saturated rings. The topological polar surface area (TPSA) is 67.2 Å². The summed E-state index contributed by atoms with van der Waals surface area (Å²) in [6.07, 6.45) is -4.83. The number of nitrogens with one attached hydrogen (secondary N) is 2. The lowest BCUT2D eigenvalue weighted by Crippen LogP contribution is -2.39. The number of anilines is 2. The Balaban J connectivity index is 2.25. The third kappa shape index (κ3) is 4.62. The van der Waals surface area contributed by atoms with Crippen LogP contribution in [0.5, 0.6) is 0 Å². The first-order valence-electron chi connectivity index (χ1n) is 4.84. The smallest absolute Gasteiger partial charge is 0.399 e. The van der Waals surface area contributed by atoms with Crippen LogP contribution in [0.3, 0.4) is 0 Å². The van der Waals surface area contributed by atoms with Crippen LogP contribution in [-0.4, -0.2) is 25.2 Å². The number of carbonyl (C=O) groups excluding carboxylic acids is 1. The van der Waals surface area contributed by atoms with Gasteiger partial charge in [0.05, 0.1) is 0 Å². The van der Waals surface area contributed by atoms with Crippen LogP contribution in [0.2, 0.25) is 0 Å². The molecule has 0 saturated heterocycles. The molecule has 0 aliphatic carbocycles. The van der Waals surface area contributed by atoms with Gasteiger partial charge in [0.2, 0.25) is 0 Å². The number of nitrogens with two attached hydrogens (primary N) is 1. The lowest BCUT2D eigenvalue weighted by molar-refractivity contribution is -0.173.